The molecule has 1 N–H and O–H groups in total. The predicted molar refractivity (Wildman–Crippen MR) is 78.8 cm³/mol. The molecule has 2 aromatic rings. The van der Waals surface area contributed by atoms with E-state index in [1.54, 1.807) is 6.26 Å². The minimum atomic E-state index is 0.0874. The lowest BCUT2D eigenvalue weighted by molar-refractivity contribution is 0.0657. The summed E-state index contributed by atoms with van der Waals surface area (Å²) in [4.78, 5) is 14.8. The van der Waals surface area contributed by atoms with Gasteiger partial charge in [-0.25, -0.2) is 0 Å². The number of benzene rings is 1. The zero-order valence-electron chi connectivity index (χ0n) is 11.8. The van der Waals surface area contributed by atoms with Crippen LogP contribution in [0.2, 0.25) is 0 Å². The maximum absolute atomic E-state index is 12.8. The molecule has 0 radical (unpaired) electrons. The minimum Gasteiger partial charge on any atom is -0.463 e. The number of hydrogen-bond donors (Lipinski definition) is 1. The number of amides is 1. The van der Waals surface area contributed by atoms with Crippen molar-refractivity contribution in [2.45, 2.75) is 25.8 Å². The molecule has 1 aliphatic heterocycles. The van der Waals surface area contributed by atoms with Gasteiger partial charge in [0, 0.05) is 18.0 Å². The molecule has 2 heterocycles. The van der Waals surface area contributed by atoms with Gasteiger partial charge in [-0.15, -0.1) is 0 Å². The van der Waals surface area contributed by atoms with Crippen molar-refractivity contribution in [1.82, 2.24) is 10.2 Å². The summed E-state index contributed by atoms with van der Waals surface area (Å²) in [6, 6.07) is 8.04. The summed E-state index contributed by atoms with van der Waals surface area (Å²) in [6.45, 7) is 4.76. The molecule has 20 heavy (non-hydrogen) atoms. The number of para-hydroxylation sites is 1. The van der Waals surface area contributed by atoms with E-state index in [9.17, 15) is 4.79 Å². The van der Waals surface area contributed by atoms with Crippen molar-refractivity contribution >= 4 is 16.9 Å². The normalized spacial score (nSPS) is 16.4. The van der Waals surface area contributed by atoms with Crippen LogP contribution in [0.4, 0.5) is 0 Å². The summed E-state index contributed by atoms with van der Waals surface area (Å²) in [5.41, 5.74) is 1.46. The molecule has 3 rings (SSSR count). The molecule has 0 spiro atoms. The Kier molecular flexibility index (Phi) is 3.74. The summed E-state index contributed by atoms with van der Waals surface area (Å²) < 4.78 is 5.49. The lowest BCUT2D eigenvalue weighted by atomic mass is 10.0. The molecule has 1 aromatic carbocycles. The number of carbonyl (C=O) groups excluding carboxylic acids is 1. The Labute approximate surface area is 118 Å². The highest BCUT2D eigenvalue weighted by atomic mass is 16.3. The van der Waals surface area contributed by atoms with E-state index >= 15 is 0 Å². The molecule has 1 aliphatic rings. The van der Waals surface area contributed by atoms with Crippen molar-refractivity contribution in [3.05, 3.63) is 36.1 Å². The van der Waals surface area contributed by atoms with Crippen LogP contribution in [-0.4, -0.2) is 36.5 Å². The van der Waals surface area contributed by atoms with Crippen LogP contribution in [-0.2, 0) is 0 Å². The van der Waals surface area contributed by atoms with Crippen LogP contribution in [0.3, 0.4) is 0 Å². The molecular weight excluding hydrogens is 252 g/mol. The Morgan fingerprint density at radius 3 is 2.85 bits per heavy atom. The second-order valence-corrected chi connectivity index (χ2v) is 5.22. The zero-order valence-corrected chi connectivity index (χ0v) is 11.8. The molecule has 0 bridgehead atoms. The number of nitrogens with one attached hydrogen (secondary N) is 1. The van der Waals surface area contributed by atoms with Crippen molar-refractivity contribution in [1.29, 1.82) is 0 Å². The van der Waals surface area contributed by atoms with Crippen LogP contribution >= 0.6 is 0 Å². The third kappa shape index (κ3) is 2.31. The van der Waals surface area contributed by atoms with Crippen molar-refractivity contribution < 1.29 is 9.21 Å². The zero-order chi connectivity index (χ0) is 13.9. The predicted octanol–water partition coefficient (Wildman–Crippen LogP) is 2.65. The van der Waals surface area contributed by atoms with E-state index in [1.807, 2.05) is 36.1 Å². The molecular formula is C16H20N2O2. The Balaban J connectivity index is 1.89. The number of fused-ring (bicyclic) bond motifs is 1. The third-order valence-electron chi connectivity index (χ3n) is 4.06. The smallest absolute Gasteiger partial charge is 0.257 e. The van der Waals surface area contributed by atoms with E-state index in [-0.39, 0.29) is 5.91 Å². The van der Waals surface area contributed by atoms with Gasteiger partial charge in [-0.1, -0.05) is 18.2 Å². The molecule has 0 atom stereocenters. The maximum Gasteiger partial charge on any atom is 0.257 e. The molecule has 1 fully saturated rings. The van der Waals surface area contributed by atoms with Crippen LogP contribution in [0.15, 0.2) is 34.9 Å². The lowest BCUT2D eigenvalue weighted by Crippen LogP contribution is -2.46. The van der Waals surface area contributed by atoms with E-state index in [2.05, 4.69) is 5.32 Å². The van der Waals surface area contributed by atoms with Gasteiger partial charge in [0.05, 0.1) is 5.56 Å². The van der Waals surface area contributed by atoms with Crippen LogP contribution in [0.5, 0.6) is 0 Å². The fraction of sp³-hybridized carbons (Fsp3) is 0.438. The van der Waals surface area contributed by atoms with Gasteiger partial charge in [0.2, 0.25) is 0 Å². The maximum atomic E-state index is 12.8. The van der Waals surface area contributed by atoms with Crippen LogP contribution in [0.25, 0.3) is 11.0 Å². The van der Waals surface area contributed by atoms with Gasteiger partial charge < -0.3 is 14.6 Å². The lowest BCUT2D eigenvalue weighted by Gasteiger charge is -2.33. The molecule has 4 nitrogen and oxygen atoms in total. The van der Waals surface area contributed by atoms with Gasteiger partial charge in [-0.2, -0.15) is 0 Å². The first-order valence-electron chi connectivity index (χ1n) is 7.29. The van der Waals surface area contributed by atoms with Gasteiger partial charge in [-0.05, 0) is 38.9 Å². The monoisotopic (exact) mass is 272 g/mol. The van der Waals surface area contributed by atoms with Crippen molar-refractivity contribution in [3.63, 3.8) is 0 Å². The van der Waals surface area contributed by atoms with Gasteiger partial charge in [-0.3, -0.25) is 4.79 Å². The third-order valence-corrected chi connectivity index (χ3v) is 4.06. The quantitative estimate of drug-likeness (QED) is 0.934. The molecule has 106 valence electrons. The van der Waals surface area contributed by atoms with Crippen LogP contribution < -0.4 is 5.32 Å². The summed E-state index contributed by atoms with van der Waals surface area (Å²) in [5.74, 6) is 0.0874. The standard InChI is InChI=1S/C16H20N2O2/c1-2-18(12-7-9-17-10-8-12)16(19)14-11-20-15-6-4-3-5-13(14)15/h3-6,11-12,17H,2,7-10H2,1H3. The summed E-state index contributed by atoms with van der Waals surface area (Å²) in [5, 5.41) is 4.25. The second-order valence-electron chi connectivity index (χ2n) is 5.22. The van der Waals surface area contributed by atoms with E-state index in [0.29, 0.717) is 11.6 Å². The van der Waals surface area contributed by atoms with Crippen LogP contribution in [0.1, 0.15) is 30.1 Å². The Bertz CT molecular complexity index is 599. The van der Waals surface area contributed by atoms with Gasteiger partial charge in [0.15, 0.2) is 0 Å². The summed E-state index contributed by atoms with van der Waals surface area (Å²) >= 11 is 0. The van der Waals surface area contributed by atoms with Crippen LogP contribution in [0, 0.1) is 0 Å². The minimum absolute atomic E-state index is 0.0874. The highest BCUT2D eigenvalue weighted by Crippen LogP contribution is 2.24. The number of nitrogens with zero attached hydrogens (tertiary/aromatic N) is 1. The van der Waals surface area contributed by atoms with Crippen molar-refractivity contribution in [2.75, 3.05) is 19.6 Å². The first kappa shape index (κ1) is 13.2. The molecule has 0 aliphatic carbocycles. The molecule has 1 aromatic heterocycles. The summed E-state index contributed by atoms with van der Waals surface area (Å²) in [7, 11) is 0. The first-order chi connectivity index (χ1) is 9.81. The molecule has 1 saturated heterocycles. The Hall–Kier alpha value is -1.81. The molecule has 1 amide bonds. The van der Waals surface area contributed by atoms with E-state index < -0.39 is 0 Å². The van der Waals surface area contributed by atoms with Crippen molar-refractivity contribution in [3.8, 4) is 0 Å². The first-order valence-corrected chi connectivity index (χ1v) is 7.29. The van der Waals surface area contributed by atoms with E-state index in [4.69, 9.17) is 4.42 Å². The SMILES string of the molecule is CCN(C(=O)c1coc2ccccc12)C1CCNCC1. The van der Waals surface area contributed by atoms with E-state index in [0.717, 1.165) is 43.4 Å². The number of hydrogen-bond acceptors (Lipinski definition) is 3. The fourth-order valence-electron chi connectivity index (χ4n) is 2.98. The van der Waals surface area contributed by atoms with Gasteiger partial charge in [0.25, 0.3) is 5.91 Å². The Morgan fingerprint density at radius 1 is 1.35 bits per heavy atom. The number of carbonyl (C=O) groups is 1. The average molecular weight is 272 g/mol. The summed E-state index contributed by atoms with van der Waals surface area (Å²) in [6.07, 6.45) is 3.64. The fourth-order valence-corrected chi connectivity index (χ4v) is 2.98. The highest BCUT2D eigenvalue weighted by molar-refractivity contribution is 6.06. The number of furan rings is 1. The van der Waals surface area contributed by atoms with Crippen molar-refractivity contribution in [2.24, 2.45) is 0 Å². The second kappa shape index (κ2) is 5.67. The Morgan fingerprint density at radius 2 is 2.10 bits per heavy atom. The van der Waals surface area contributed by atoms with E-state index in [1.165, 1.54) is 0 Å². The van der Waals surface area contributed by atoms with Gasteiger partial charge in [0.1, 0.15) is 11.8 Å². The number of piperidine rings is 1. The molecule has 0 saturated carbocycles. The average Bonchev–Trinajstić information content (AvgIpc) is 2.93. The highest BCUT2D eigenvalue weighted by Gasteiger charge is 2.26. The molecule has 0 unspecified atom stereocenters. The topological polar surface area (TPSA) is 45.5 Å². The molecule has 4 heteroatoms. The van der Waals surface area contributed by atoms with Gasteiger partial charge >= 0.3 is 0 Å². The number of rotatable bonds is 3. The largest absolute Gasteiger partial charge is 0.463 e.